The Bertz CT molecular complexity index is 2400. The smallest absolute Gasteiger partial charge is 0.161 e. The molecule has 0 aliphatic carbocycles. The van der Waals surface area contributed by atoms with E-state index in [2.05, 4.69) is 133 Å². The molecular formula is C38H22N2S. The molecule has 9 aromatic rings. The van der Waals surface area contributed by atoms with Crippen molar-refractivity contribution in [2.45, 2.75) is 0 Å². The Balaban J connectivity index is 1.30. The topological polar surface area (TPSA) is 25.8 Å². The minimum atomic E-state index is 0.768. The Labute approximate surface area is 240 Å². The van der Waals surface area contributed by atoms with Crippen LogP contribution in [0.25, 0.3) is 86.4 Å². The molecule has 2 heterocycles. The summed E-state index contributed by atoms with van der Waals surface area (Å²) in [5.41, 5.74) is 6.50. The van der Waals surface area contributed by atoms with Gasteiger partial charge in [-0.1, -0.05) is 115 Å². The summed E-state index contributed by atoms with van der Waals surface area (Å²) in [6.07, 6.45) is 0. The van der Waals surface area contributed by atoms with Gasteiger partial charge in [-0.2, -0.15) is 0 Å². The number of rotatable bonds is 3. The van der Waals surface area contributed by atoms with Crippen LogP contribution in [0.1, 0.15) is 0 Å². The number of aromatic nitrogens is 2. The molecule has 0 fully saturated rings. The zero-order valence-electron chi connectivity index (χ0n) is 22.0. The normalized spacial score (nSPS) is 11.9. The third kappa shape index (κ3) is 3.36. The van der Waals surface area contributed by atoms with Crippen molar-refractivity contribution in [2.75, 3.05) is 0 Å². The molecule has 3 heteroatoms. The standard InChI is InChI=1S/C38H22N2S/c1-2-9-23(10-3-1)24-17-19-25(20-18-24)36-30-13-6-7-15-32(30)39-38(40-36)31-22-21-29-27-12-5-4-11-26(27)28-14-8-16-33-34(28)35(29)37(31)41-33/h1-22H. The summed E-state index contributed by atoms with van der Waals surface area (Å²) in [6.45, 7) is 0. The molecule has 0 saturated heterocycles. The fourth-order valence-corrected chi connectivity index (χ4v) is 7.63. The molecule has 2 nitrogen and oxygen atoms in total. The van der Waals surface area contributed by atoms with Crippen LogP contribution < -0.4 is 0 Å². The molecule has 0 amide bonds. The second-order valence-corrected chi connectivity index (χ2v) is 11.6. The molecule has 0 saturated carbocycles. The van der Waals surface area contributed by atoms with Crippen LogP contribution >= 0.6 is 11.3 Å². The summed E-state index contributed by atoms with van der Waals surface area (Å²) in [5, 5.41) is 8.94. The fourth-order valence-electron chi connectivity index (χ4n) is 6.37. The van der Waals surface area contributed by atoms with Crippen LogP contribution in [0.3, 0.4) is 0 Å². The zero-order valence-corrected chi connectivity index (χ0v) is 22.8. The van der Waals surface area contributed by atoms with Crippen molar-refractivity contribution in [3.63, 3.8) is 0 Å². The first-order valence-corrected chi connectivity index (χ1v) is 14.7. The van der Waals surface area contributed by atoms with E-state index in [1.165, 1.54) is 52.8 Å². The lowest BCUT2D eigenvalue weighted by Crippen LogP contribution is -1.95. The average Bonchev–Trinajstić information content (AvgIpc) is 3.44. The summed E-state index contributed by atoms with van der Waals surface area (Å²) in [6, 6.07) is 47.5. The molecule has 0 spiro atoms. The molecule has 2 aromatic heterocycles. The number of nitrogens with zero attached hydrogens (tertiary/aromatic N) is 2. The third-order valence-electron chi connectivity index (χ3n) is 8.26. The molecule has 41 heavy (non-hydrogen) atoms. The molecular weight excluding hydrogens is 516 g/mol. The van der Waals surface area contributed by atoms with Gasteiger partial charge in [-0.25, -0.2) is 9.97 Å². The third-order valence-corrected chi connectivity index (χ3v) is 9.45. The van der Waals surface area contributed by atoms with Gasteiger partial charge in [0.2, 0.25) is 0 Å². The highest BCUT2D eigenvalue weighted by molar-refractivity contribution is 7.26. The molecule has 190 valence electrons. The first-order chi connectivity index (χ1) is 20.3. The summed E-state index contributed by atoms with van der Waals surface area (Å²) < 4.78 is 2.55. The number of para-hydroxylation sites is 1. The van der Waals surface area contributed by atoms with Crippen molar-refractivity contribution in [1.29, 1.82) is 0 Å². The summed E-state index contributed by atoms with van der Waals surface area (Å²) in [4.78, 5) is 10.4. The number of hydrogen-bond acceptors (Lipinski definition) is 3. The number of thiophene rings is 1. The monoisotopic (exact) mass is 538 g/mol. The number of fused-ring (bicyclic) bond motifs is 4. The van der Waals surface area contributed by atoms with Crippen LogP contribution in [0, 0.1) is 0 Å². The van der Waals surface area contributed by atoms with Gasteiger partial charge in [-0.05, 0) is 50.9 Å². The van der Waals surface area contributed by atoms with Gasteiger partial charge in [0.05, 0.1) is 11.2 Å². The Kier molecular flexibility index (Phi) is 4.80. The Morgan fingerprint density at radius 3 is 1.85 bits per heavy atom. The molecule has 0 aliphatic rings. The van der Waals surface area contributed by atoms with Gasteiger partial charge < -0.3 is 0 Å². The van der Waals surface area contributed by atoms with E-state index < -0.39 is 0 Å². The van der Waals surface area contributed by atoms with Gasteiger partial charge in [0, 0.05) is 36.7 Å². The van der Waals surface area contributed by atoms with Gasteiger partial charge in [0.15, 0.2) is 5.82 Å². The maximum Gasteiger partial charge on any atom is 0.161 e. The SMILES string of the molecule is c1ccc(-c2ccc(-c3nc(-c4ccc5c6ccccc6c6cccc7sc4c5c76)nc4ccccc34)cc2)cc1. The highest BCUT2D eigenvalue weighted by atomic mass is 32.1. The van der Waals surface area contributed by atoms with Crippen LogP contribution in [0.5, 0.6) is 0 Å². The molecule has 0 atom stereocenters. The summed E-state index contributed by atoms with van der Waals surface area (Å²) in [7, 11) is 0. The van der Waals surface area contributed by atoms with Crippen molar-refractivity contribution in [3.8, 4) is 33.8 Å². The summed E-state index contributed by atoms with van der Waals surface area (Å²) in [5.74, 6) is 0.768. The van der Waals surface area contributed by atoms with Gasteiger partial charge in [0.25, 0.3) is 0 Å². The van der Waals surface area contributed by atoms with Crippen molar-refractivity contribution >= 4 is 64.0 Å². The highest BCUT2D eigenvalue weighted by Crippen LogP contribution is 2.48. The molecule has 0 N–H and O–H groups in total. The zero-order chi connectivity index (χ0) is 26.9. The van der Waals surface area contributed by atoms with Gasteiger partial charge in [-0.3, -0.25) is 0 Å². The van der Waals surface area contributed by atoms with Crippen LogP contribution in [-0.4, -0.2) is 9.97 Å². The van der Waals surface area contributed by atoms with Crippen LogP contribution in [-0.2, 0) is 0 Å². The largest absolute Gasteiger partial charge is 0.228 e. The lowest BCUT2D eigenvalue weighted by atomic mass is 9.93. The van der Waals surface area contributed by atoms with Crippen molar-refractivity contribution in [2.24, 2.45) is 0 Å². The van der Waals surface area contributed by atoms with E-state index in [9.17, 15) is 0 Å². The minimum absolute atomic E-state index is 0.768. The Hall–Kier alpha value is -5.12. The molecule has 0 unspecified atom stereocenters. The van der Waals surface area contributed by atoms with Crippen LogP contribution in [0.15, 0.2) is 133 Å². The Morgan fingerprint density at radius 2 is 1.05 bits per heavy atom. The molecule has 7 aromatic carbocycles. The van der Waals surface area contributed by atoms with E-state index in [0.29, 0.717) is 0 Å². The van der Waals surface area contributed by atoms with Crippen molar-refractivity contribution in [3.05, 3.63) is 133 Å². The predicted molar refractivity (Wildman–Crippen MR) is 175 cm³/mol. The lowest BCUT2D eigenvalue weighted by molar-refractivity contribution is 1.24. The first-order valence-electron chi connectivity index (χ1n) is 13.8. The molecule has 9 rings (SSSR count). The average molecular weight is 539 g/mol. The van der Waals surface area contributed by atoms with E-state index in [1.807, 2.05) is 11.3 Å². The maximum atomic E-state index is 5.27. The number of benzene rings is 7. The van der Waals surface area contributed by atoms with E-state index in [0.717, 1.165) is 33.5 Å². The highest BCUT2D eigenvalue weighted by Gasteiger charge is 2.20. The predicted octanol–water partition coefficient (Wildman–Crippen LogP) is 10.7. The fraction of sp³-hybridized carbons (Fsp3) is 0. The summed E-state index contributed by atoms with van der Waals surface area (Å²) >= 11 is 1.85. The first kappa shape index (κ1) is 22.7. The Morgan fingerprint density at radius 1 is 0.415 bits per heavy atom. The van der Waals surface area contributed by atoms with Crippen molar-refractivity contribution in [1.82, 2.24) is 9.97 Å². The second kappa shape index (κ2) is 8.69. The van der Waals surface area contributed by atoms with Gasteiger partial charge >= 0.3 is 0 Å². The molecule has 0 aliphatic heterocycles. The van der Waals surface area contributed by atoms with Crippen LogP contribution in [0.2, 0.25) is 0 Å². The van der Waals surface area contributed by atoms with Crippen LogP contribution in [0.4, 0.5) is 0 Å². The van der Waals surface area contributed by atoms with E-state index in [-0.39, 0.29) is 0 Å². The van der Waals surface area contributed by atoms with E-state index in [4.69, 9.17) is 9.97 Å². The van der Waals surface area contributed by atoms with Gasteiger partial charge in [0.1, 0.15) is 0 Å². The molecule has 0 bridgehead atoms. The molecule has 0 radical (unpaired) electrons. The van der Waals surface area contributed by atoms with E-state index >= 15 is 0 Å². The quantitative estimate of drug-likeness (QED) is 0.209. The van der Waals surface area contributed by atoms with E-state index in [1.54, 1.807) is 0 Å². The maximum absolute atomic E-state index is 5.27. The minimum Gasteiger partial charge on any atom is -0.228 e. The van der Waals surface area contributed by atoms with Crippen molar-refractivity contribution < 1.29 is 0 Å². The number of hydrogen-bond donors (Lipinski definition) is 0. The van der Waals surface area contributed by atoms with Gasteiger partial charge in [-0.15, -0.1) is 11.3 Å². The lowest BCUT2D eigenvalue weighted by Gasteiger charge is -2.12. The second-order valence-electron chi connectivity index (χ2n) is 10.5.